The number of nitrogens with zero attached hydrogens (tertiary/aromatic N) is 5. The van der Waals surface area contributed by atoms with Gasteiger partial charge in [0.25, 0.3) is 5.91 Å². The number of primary amides is 1. The SMILES string of the molecule is CCC(=O)N1CCN(c2ccc(Nc3nnc(C(N)=O)c(NC4CC4)n3)cc2)CC1. The normalized spacial score (nSPS) is 16.3. The Morgan fingerprint density at radius 1 is 1.10 bits per heavy atom. The Kier molecular flexibility index (Phi) is 5.64. The van der Waals surface area contributed by atoms with E-state index in [-0.39, 0.29) is 11.6 Å². The van der Waals surface area contributed by atoms with E-state index in [1.165, 1.54) is 0 Å². The van der Waals surface area contributed by atoms with Gasteiger partial charge in [0.15, 0.2) is 11.5 Å². The highest BCUT2D eigenvalue weighted by atomic mass is 16.2. The number of nitrogens with two attached hydrogens (primary N) is 1. The molecule has 1 aliphatic carbocycles. The monoisotopic (exact) mass is 410 g/mol. The van der Waals surface area contributed by atoms with Crippen molar-refractivity contribution in [2.45, 2.75) is 32.2 Å². The summed E-state index contributed by atoms with van der Waals surface area (Å²) >= 11 is 0. The van der Waals surface area contributed by atoms with Gasteiger partial charge in [-0.15, -0.1) is 10.2 Å². The second-order valence-corrected chi connectivity index (χ2v) is 7.51. The van der Waals surface area contributed by atoms with E-state index in [9.17, 15) is 9.59 Å². The molecule has 2 heterocycles. The summed E-state index contributed by atoms with van der Waals surface area (Å²) in [6, 6.07) is 8.24. The molecule has 4 rings (SSSR count). The van der Waals surface area contributed by atoms with Crippen molar-refractivity contribution < 1.29 is 9.59 Å². The lowest BCUT2D eigenvalue weighted by Crippen LogP contribution is -2.48. The highest BCUT2D eigenvalue weighted by Gasteiger charge is 2.25. The number of amides is 2. The number of rotatable bonds is 7. The summed E-state index contributed by atoms with van der Waals surface area (Å²) in [5.41, 5.74) is 7.32. The minimum Gasteiger partial charge on any atom is -0.368 e. The number of benzene rings is 1. The van der Waals surface area contributed by atoms with E-state index >= 15 is 0 Å². The lowest BCUT2D eigenvalue weighted by atomic mass is 10.2. The molecule has 10 nitrogen and oxygen atoms in total. The largest absolute Gasteiger partial charge is 0.368 e. The van der Waals surface area contributed by atoms with E-state index in [0.29, 0.717) is 24.2 Å². The average Bonchev–Trinajstić information content (AvgIpc) is 3.58. The Hall–Kier alpha value is -3.43. The first-order chi connectivity index (χ1) is 14.5. The number of nitrogens with one attached hydrogen (secondary N) is 2. The second kappa shape index (κ2) is 8.52. The van der Waals surface area contributed by atoms with Gasteiger partial charge >= 0.3 is 0 Å². The van der Waals surface area contributed by atoms with Crippen molar-refractivity contribution in [1.82, 2.24) is 20.1 Å². The van der Waals surface area contributed by atoms with Crippen LogP contribution in [0.25, 0.3) is 0 Å². The minimum absolute atomic E-state index is 0.0449. The highest BCUT2D eigenvalue weighted by Crippen LogP contribution is 2.26. The number of carbonyl (C=O) groups excluding carboxylic acids is 2. The minimum atomic E-state index is -0.658. The quantitative estimate of drug-likeness (QED) is 0.624. The number of hydrogen-bond donors (Lipinski definition) is 3. The van der Waals surface area contributed by atoms with Crippen LogP contribution in [0, 0.1) is 0 Å². The second-order valence-electron chi connectivity index (χ2n) is 7.51. The Bertz CT molecular complexity index is 921. The van der Waals surface area contributed by atoms with Crippen molar-refractivity contribution >= 4 is 35.0 Å². The third-order valence-corrected chi connectivity index (χ3v) is 5.26. The summed E-state index contributed by atoms with van der Waals surface area (Å²) in [6.07, 6.45) is 2.62. The molecule has 10 heteroatoms. The summed E-state index contributed by atoms with van der Waals surface area (Å²) in [5.74, 6) is 0.205. The van der Waals surface area contributed by atoms with Crippen LogP contribution in [-0.4, -0.2) is 64.1 Å². The number of piperazine rings is 1. The van der Waals surface area contributed by atoms with Gasteiger partial charge in [-0.05, 0) is 37.1 Å². The molecule has 2 aromatic rings. The molecule has 0 unspecified atom stereocenters. The van der Waals surface area contributed by atoms with Crippen molar-refractivity contribution in [3.8, 4) is 0 Å². The molecule has 1 aromatic heterocycles. The van der Waals surface area contributed by atoms with Gasteiger partial charge in [-0.3, -0.25) is 9.59 Å². The molecular formula is C20H26N8O2. The zero-order valence-corrected chi connectivity index (χ0v) is 17.0. The predicted octanol–water partition coefficient (Wildman–Crippen LogP) is 1.35. The molecule has 1 aromatic carbocycles. The van der Waals surface area contributed by atoms with E-state index in [1.807, 2.05) is 36.1 Å². The van der Waals surface area contributed by atoms with Crippen LogP contribution in [-0.2, 0) is 4.79 Å². The first-order valence-corrected chi connectivity index (χ1v) is 10.2. The Balaban J connectivity index is 1.40. The molecule has 1 saturated heterocycles. The summed E-state index contributed by atoms with van der Waals surface area (Å²) in [4.78, 5) is 31.9. The van der Waals surface area contributed by atoms with Gasteiger partial charge in [-0.25, -0.2) is 0 Å². The van der Waals surface area contributed by atoms with E-state index in [4.69, 9.17) is 5.73 Å². The lowest BCUT2D eigenvalue weighted by molar-refractivity contribution is -0.131. The van der Waals surface area contributed by atoms with Gasteiger partial charge in [-0.2, -0.15) is 4.98 Å². The number of anilines is 4. The zero-order chi connectivity index (χ0) is 21.1. The molecule has 1 aliphatic heterocycles. The Morgan fingerprint density at radius 3 is 2.40 bits per heavy atom. The van der Waals surface area contributed by atoms with Gasteiger partial charge in [0, 0.05) is 50.0 Å². The van der Waals surface area contributed by atoms with E-state index in [2.05, 4.69) is 30.7 Å². The number of carbonyl (C=O) groups is 2. The fraction of sp³-hybridized carbons (Fsp3) is 0.450. The maximum absolute atomic E-state index is 11.8. The van der Waals surface area contributed by atoms with Crippen molar-refractivity contribution in [2.75, 3.05) is 41.7 Å². The van der Waals surface area contributed by atoms with Gasteiger partial charge < -0.3 is 26.2 Å². The van der Waals surface area contributed by atoms with Crippen LogP contribution in [0.2, 0.25) is 0 Å². The fourth-order valence-electron chi connectivity index (χ4n) is 3.39. The molecule has 2 fully saturated rings. The highest BCUT2D eigenvalue weighted by molar-refractivity contribution is 5.95. The zero-order valence-electron chi connectivity index (χ0n) is 17.0. The van der Waals surface area contributed by atoms with Crippen molar-refractivity contribution in [3.05, 3.63) is 30.0 Å². The summed E-state index contributed by atoms with van der Waals surface area (Å²) in [7, 11) is 0. The molecule has 2 amide bonds. The van der Waals surface area contributed by atoms with Crippen LogP contribution < -0.4 is 21.3 Å². The van der Waals surface area contributed by atoms with Crippen LogP contribution in [0.1, 0.15) is 36.7 Å². The molecule has 4 N–H and O–H groups in total. The maximum Gasteiger partial charge on any atom is 0.273 e. The van der Waals surface area contributed by atoms with Crippen LogP contribution in [0.3, 0.4) is 0 Å². The molecular weight excluding hydrogens is 384 g/mol. The van der Waals surface area contributed by atoms with Gasteiger partial charge in [-0.1, -0.05) is 6.92 Å². The standard InChI is InChI=1S/C20H26N8O2/c1-2-16(29)28-11-9-27(10-12-28)15-7-5-14(6-8-15)23-20-24-19(22-13-3-4-13)17(18(21)30)25-26-20/h5-8,13H,2-4,9-12H2,1H3,(H2,21,30)(H2,22,23,24,26). The number of hydrogen-bond acceptors (Lipinski definition) is 8. The van der Waals surface area contributed by atoms with Crippen LogP contribution in [0.5, 0.6) is 0 Å². The Labute approximate surface area is 174 Å². The summed E-state index contributed by atoms with van der Waals surface area (Å²) < 4.78 is 0. The lowest BCUT2D eigenvalue weighted by Gasteiger charge is -2.36. The topological polar surface area (TPSA) is 129 Å². The van der Waals surface area contributed by atoms with Gasteiger partial charge in [0.2, 0.25) is 11.9 Å². The molecule has 0 atom stereocenters. The van der Waals surface area contributed by atoms with Gasteiger partial charge in [0.1, 0.15) is 0 Å². The molecule has 0 spiro atoms. The summed E-state index contributed by atoms with van der Waals surface area (Å²) in [6.45, 7) is 5.02. The third-order valence-electron chi connectivity index (χ3n) is 5.26. The van der Waals surface area contributed by atoms with E-state index < -0.39 is 5.91 Å². The van der Waals surface area contributed by atoms with Crippen molar-refractivity contribution in [1.29, 1.82) is 0 Å². The summed E-state index contributed by atoms with van der Waals surface area (Å²) in [5, 5.41) is 14.2. The third kappa shape index (κ3) is 4.58. The van der Waals surface area contributed by atoms with Crippen LogP contribution >= 0.6 is 0 Å². The van der Waals surface area contributed by atoms with Crippen molar-refractivity contribution in [2.24, 2.45) is 5.73 Å². The van der Waals surface area contributed by atoms with E-state index in [1.54, 1.807) is 0 Å². The molecule has 30 heavy (non-hydrogen) atoms. The Morgan fingerprint density at radius 2 is 1.80 bits per heavy atom. The number of aromatic nitrogens is 3. The maximum atomic E-state index is 11.8. The van der Waals surface area contributed by atoms with Crippen LogP contribution in [0.15, 0.2) is 24.3 Å². The average molecular weight is 410 g/mol. The predicted molar refractivity (Wildman–Crippen MR) is 114 cm³/mol. The first-order valence-electron chi connectivity index (χ1n) is 10.2. The smallest absolute Gasteiger partial charge is 0.273 e. The molecule has 1 saturated carbocycles. The fourth-order valence-corrected chi connectivity index (χ4v) is 3.39. The first kappa shape index (κ1) is 19.9. The molecule has 158 valence electrons. The van der Waals surface area contributed by atoms with Crippen LogP contribution in [0.4, 0.5) is 23.1 Å². The van der Waals surface area contributed by atoms with Crippen molar-refractivity contribution in [3.63, 3.8) is 0 Å². The molecule has 2 aliphatic rings. The van der Waals surface area contributed by atoms with Gasteiger partial charge in [0.05, 0.1) is 0 Å². The molecule has 0 radical (unpaired) electrons. The molecule has 0 bridgehead atoms. The van der Waals surface area contributed by atoms with E-state index in [0.717, 1.165) is 50.4 Å².